The molecule has 4 nitrogen and oxygen atoms in total. The lowest BCUT2D eigenvalue weighted by atomic mass is 10.0. The molecule has 1 N–H and O–H groups in total. The Morgan fingerprint density at radius 3 is 2.58 bits per heavy atom. The van der Waals surface area contributed by atoms with Crippen LogP contribution in [0.25, 0.3) is 0 Å². The predicted molar refractivity (Wildman–Crippen MR) is 41.7 cm³/mol. The zero-order valence-corrected chi connectivity index (χ0v) is 7.16. The normalized spacial score (nSPS) is 21.1. The third-order valence-corrected chi connectivity index (χ3v) is 1.99. The van der Waals surface area contributed by atoms with Crippen molar-refractivity contribution in [2.24, 2.45) is 5.92 Å². The molecule has 0 spiro atoms. The van der Waals surface area contributed by atoms with E-state index in [1.165, 1.54) is 0 Å². The maximum Gasteiger partial charge on any atom is 0.303 e. The molecule has 70 valence electrons. The fourth-order valence-electron chi connectivity index (χ4n) is 1.31. The SMILES string of the molecule is CCC(CC(=O)O)C1OCCO1. The number of carboxylic acids is 1. The Balaban J connectivity index is 2.37. The van der Waals surface area contributed by atoms with Gasteiger partial charge >= 0.3 is 5.97 Å². The van der Waals surface area contributed by atoms with E-state index >= 15 is 0 Å². The molecule has 1 unspecified atom stereocenters. The zero-order chi connectivity index (χ0) is 8.97. The Morgan fingerprint density at radius 2 is 2.17 bits per heavy atom. The van der Waals surface area contributed by atoms with Gasteiger partial charge in [0.05, 0.1) is 19.6 Å². The van der Waals surface area contributed by atoms with Crippen LogP contribution in [0.1, 0.15) is 19.8 Å². The fourth-order valence-corrected chi connectivity index (χ4v) is 1.31. The first-order valence-electron chi connectivity index (χ1n) is 4.19. The van der Waals surface area contributed by atoms with Crippen molar-refractivity contribution >= 4 is 5.97 Å². The average Bonchev–Trinajstić information content (AvgIpc) is 2.51. The predicted octanol–water partition coefficient (Wildman–Crippen LogP) is 0.860. The van der Waals surface area contributed by atoms with Crippen LogP contribution in [0.4, 0.5) is 0 Å². The molecule has 0 aromatic heterocycles. The molecule has 1 atom stereocenters. The molecule has 0 aliphatic carbocycles. The second-order valence-electron chi connectivity index (χ2n) is 2.88. The lowest BCUT2D eigenvalue weighted by Gasteiger charge is -2.18. The highest BCUT2D eigenvalue weighted by Crippen LogP contribution is 2.20. The van der Waals surface area contributed by atoms with Gasteiger partial charge in [-0.15, -0.1) is 0 Å². The smallest absolute Gasteiger partial charge is 0.303 e. The zero-order valence-electron chi connectivity index (χ0n) is 7.16. The molecule has 1 aliphatic heterocycles. The lowest BCUT2D eigenvalue weighted by molar-refractivity contribution is -0.144. The first kappa shape index (κ1) is 9.48. The van der Waals surface area contributed by atoms with Crippen LogP contribution in [-0.2, 0) is 14.3 Å². The van der Waals surface area contributed by atoms with E-state index in [2.05, 4.69) is 0 Å². The number of hydrogen-bond acceptors (Lipinski definition) is 3. The second-order valence-corrected chi connectivity index (χ2v) is 2.88. The van der Waals surface area contributed by atoms with Crippen molar-refractivity contribution in [1.29, 1.82) is 0 Å². The molecule has 0 aromatic carbocycles. The Labute approximate surface area is 71.5 Å². The fraction of sp³-hybridized carbons (Fsp3) is 0.875. The topological polar surface area (TPSA) is 55.8 Å². The van der Waals surface area contributed by atoms with Gasteiger partial charge in [0, 0.05) is 5.92 Å². The Kier molecular flexibility index (Phi) is 3.49. The highest BCUT2D eigenvalue weighted by molar-refractivity contribution is 5.67. The van der Waals surface area contributed by atoms with Crippen LogP contribution in [0.15, 0.2) is 0 Å². The van der Waals surface area contributed by atoms with Crippen molar-refractivity contribution in [3.8, 4) is 0 Å². The summed E-state index contributed by atoms with van der Waals surface area (Å²) in [5.41, 5.74) is 0. The van der Waals surface area contributed by atoms with Crippen molar-refractivity contribution in [3.63, 3.8) is 0 Å². The van der Waals surface area contributed by atoms with Gasteiger partial charge < -0.3 is 14.6 Å². The third-order valence-electron chi connectivity index (χ3n) is 1.99. The van der Waals surface area contributed by atoms with Crippen molar-refractivity contribution < 1.29 is 19.4 Å². The van der Waals surface area contributed by atoms with Crippen molar-refractivity contribution in [1.82, 2.24) is 0 Å². The van der Waals surface area contributed by atoms with Crippen LogP contribution in [0.3, 0.4) is 0 Å². The highest BCUT2D eigenvalue weighted by atomic mass is 16.7. The summed E-state index contributed by atoms with van der Waals surface area (Å²) in [6.07, 6.45) is 0.601. The summed E-state index contributed by atoms with van der Waals surface area (Å²) in [5.74, 6) is -0.800. The van der Waals surface area contributed by atoms with Gasteiger partial charge in [0.2, 0.25) is 0 Å². The van der Waals surface area contributed by atoms with E-state index in [4.69, 9.17) is 14.6 Å². The lowest BCUT2D eigenvalue weighted by Crippen LogP contribution is -2.23. The van der Waals surface area contributed by atoms with Crippen LogP contribution in [-0.4, -0.2) is 30.6 Å². The van der Waals surface area contributed by atoms with Gasteiger partial charge in [-0.05, 0) is 6.42 Å². The Morgan fingerprint density at radius 1 is 1.58 bits per heavy atom. The minimum Gasteiger partial charge on any atom is -0.481 e. The van der Waals surface area contributed by atoms with E-state index in [-0.39, 0.29) is 18.6 Å². The molecular formula is C8H14O4. The molecule has 0 aromatic rings. The van der Waals surface area contributed by atoms with Crippen LogP contribution in [0.5, 0.6) is 0 Å². The first-order valence-corrected chi connectivity index (χ1v) is 4.19. The summed E-state index contributed by atoms with van der Waals surface area (Å²) >= 11 is 0. The van der Waals surface area contributed by atoms with Crippen molar-refractivity contribution in [3.05, 3.63) is 0 Å². The molecule has 4 heteroatoms. The molecule has 0 amide bonds. The summed E-state index contributed by atoms with van der Waals surface area (Å²) in [6, 6.07) is 0. The number of rotatable bonds is 4. The Hall–Kier alpha value is -0.610. The molecule has 1 rings (SSSR count). The maximum absolute atomic E-state index is 10.4. The standard InChI is InChI=1S/C8H14O4/c1-2-6(5-7(9)10)8-11-3-4-12-8/h6,8H,2-5H2,1H3,(H,9,10). The van der Waals surface area contributed by atoms with E-state index in [1.807, 2.05) is 6.92 Å². The van der Waals surface area contributed by atoms with Crippen LogP contribution in [0.2, 0.25) is 0 Å². The summed E-state index contributed by atoms with van der Waals surface area (Å²) < 4.78 is 10.4. The maximum atomic E-state index is 10.4. The molecular weight excluding hydrogens is 160 g/mol. The van der Waals surface area contributed by atoms with Gasteiger partial charge in [0.25, 0.3) is 0 Å². The molecule has 1 heterocycles. The minimum absolute atomic E-state index is 0.00926. The number of carbonyl (C=O) groups is 1. The van der Waals surface area contributed by atoms with Crippen LogP contribution < -0.4 is 0 Å². The number of hydrogen-bond donors (Lipinski definition) is 1. The van der Waals surface area contributed by atoms with Gasteiger partial charge in [-0.3, -0.25) is 4.79 Å². The number of carboxylic acid groups (broad SMARTS) is 1. The molecule has 0 bridgehead atoms. The van der Waals surface area contributed by atoms with Crippen molar-refractivity contribution in [2.45, 2.75) is 26.1 Å². The van der Waals surface area contributed by atoms with Gasteiger partial charge in [0.15, 0.2) is 6.29 Å². The summed E-state index contributed by atoms with van der Waals surface area (Å²) in [6.45, 7) is 3.11. The third kappa shape index (κ3) is 2.46. The van der Waals surface area contributed by atoms with Gasteiger partial charge in [0.1, 0.15) is 0 Å². The highest BCUT2D eigenvalue weighted by Gasteiger charge is 2.27. The number of aliphatic carboxylic acids is 1. The second kappa shape index (κ2) is 4.42. The molecule has 0 saturated carbocycles. The van der Waals surface area contributed by atoms with Crippen LogP contribution in [0, 0.1) is 5.92 Å². The summed E-state index contributed by atoms with van der Waals surface area (Å²) in [4.78, 5) is 10.4. The van der Waals surface area contributed by atoms with Crippen molar-refractivity contribution in [2.75, 3.05) is 13.2 Å². The van der Waals surface area contributed by atoms with E-state index in [0.717, 1.165) is 6.42 Å². The van der Waals surface area contributed by atoms with E-state index in [9.17, 15) is 4.79 Å². The van der Waals surface area contributed by atoms with Gasteiger partial charge in [-0.25, -0.2) is 0 Å². The summed E-state index contributed by atoms with van der Waals surface area (Å²) in [7, 11) is 0. The van der Waals surface area contributed by atoms with E-state index in [0.29, 0.717) is 13.2 Å². The monoisotopic (exact) mass is 174 g/mol. The van der Waals surface area contributed by atoms with Gasteiger partial charge in [-0.2, -0.15) is 0 Å². The largest absolute Gasteiger partial charge is 0.481 e. The molecule has 12 heavy (non-hydrogen) atoms. The quantitative estimate of drug-likeness (QED) is 0.686. The molecule has 1 saturated heterocycles. The van der Waals surface area contributed by atoms with Gasteiger partial charge in [-0.1, -0.05) is 6.92 Å². The minimum atomic E-state index is -0.791. The summed E-state index contributed by atoms with van der Waals surface area (Å²) in [5, 5.41) is 8.56. The first-order chi connectivity index (χ1) is 5.74. The molecule has 1 fully saturated rings. The number of ether oxygens (including phenoxy) is 2. The Bertz CT molecular complexity index is 151. The van der Waals surface area contributed by atoms with E-state index < -0.39 is 5.97 Å². The van der Waals surface area contributed by atoms with Crippen LogP contribution >= 0.6 is 0 Å². The molecule has 1 aliphatic rings. The molecule has 0 radical (unpaired) electrons. The van der Waals surface area contributed by atoms with E-state index in [1.54, 1.807) is 0 Å². The average molecular weight is 174 g/mol.